The summed E-state index contributed by atoms with van der Waals surface area (Å²) in [4.78, 5) is 30.0. The van der Waals surface area contributed by atoms with Crippen molar-refractivity contribution in [3.8, 4) is 11.8 Å². The Labute approximate surface area is 175 Å². The summed E-state index contributed by atoms with van der Waals surface area (Å²) in [5.41, 5.74) is 2.34. The number of hydrogen-bond donors (Lipinski definition) is 2. The van der Waals surface area contributed by atoms with Crippen molar-refractivity contribution in [2.45, 2.75) is 32.6 Å². The predicted octanol–water partition coefficient (Wildman–Crippen LogP) is 4.08. The Morgan fingerprint density at radius 1 is 1.33 bits per heavy atom. The van der Waals surface area contributed by atoms with E-state index in [1.165, 1.54) is 46.5 Å². The molecule has 3 aromatic rings. The van der Waals surface area contributed by atoms with Gasteiger partial charge in [0.2, 0.25) is 0 Å². The molecule has 4 rings (SSSR count). The van der Waals surface area contributed by atoms with Crippen LogP contribution in [0.1, 0.15) is 40.1 Å². The number of halogens is 1. The lowest BCUT2D eigenvalue weighted by atomic mass is 9.96. The van der Waals surface area contributed by atoms with Crippen LogP contribution >= 0.6 is 11.3 Å². The third-order valence-electron chi connectivity index (χ3n) is 5.02. The number of urea groups is 1. The topological polar surface area (TPSA) is 103 Å². The van der Waals surface area contributed by atoms with Crippen molar-refractivity contribution in [3.05, 3.63) is 67.7 Å². The van der Waals surface area contributed by atoms with Gasteiger partial charge in [-0.05, 0) is 62.4 Å². The standard InChI is InChI=1S/C21H18FN5O2S/c1-12-17(20(28)27(26-12)14-8-6-13(22)7-9-14)11-24-21(29)25-19-16(10-23)15-4-2-3-5-18(15)30-19/h6-9,11,26H,2-5H2,1H3,(H,25,29)/b24-11+. The van der Waals surface area contributed by atoms with Crippen LogP contribution < -0.4 is 10.9 Å². The molecule has 0 aliphatic heterocycles. The van der Waals surface area contributed by atoms with E-state index in [0.29, 0.717) is 21.9 Å². The summed E-state index contributed by atoms with van der Waals surface area (Å²) in [5.74, 6) is -0.402. The van der Waals surface area contributed by atoms with Gasteiger partial charge in [0, 0.05) is 16.8 Å². The summed E-state index contributed by atoms with van der Waals surface area (Å²) in [6.45, 7) is 1.68. The van der Waals surface area contributed by atoms with Crippen molar-refractivity contribution >= 4 is 28.6 Å². The van der Waals surface area contributed by atoms with Gasteiger partial charge in [0.1, 0.15) is 16.9 Å². The van der Waals surface area contributed by atoms with Crippen molar-refractivity contribution in [3.63, 3.8) is 0 Å². The van der Waals surface area contributed by atoms with Crippen LogP contribution in [0.15, 0.2) is 34.1 Å². The third kappa shape index (κ3) is 3.69. The van der Waals surface area contributed by atoms with E-state index in [9.17, 15) is 19.2 Å². The van der Waals surface area contributed by atoms with Gasteiger partial charge in [0.05, 0.1) is 16.8 Å². The van der Waals surface area contributed by atoms with E-state index < -0.39 is 17.4 Å². The van der Waals surface area contributed by atoms with Crippen molar-refractivity contribution in [2.75, 3.05) is 5.32 Å². The van der Waals surface area contributed by atoms with Gasteiger partial charge in [-0.3, -0.25) is 15.2 Å². The van der Waals surface area contributed by atoms with Gasteiger partial charge in [-0.15, -0.1) is 11.3 Å². The zero-order valence-corrected chi connectivity index (χ0v) is 17.0. The third-order valence-corrected chi connectivity index (χ3v) is 6.22. The number of thiophene rings is 1. The molecule has 2 amide bonds. The van der Waals surface area contributed by atoms with Gasteiger partial charge in [-0.1, -0.05) is 0 Å². The van der Waals surface area contributed by atoms with Gasteiger partial charge in [0.15, 0.2) is 0 Å². The quantitative estimate of drug-likeness (QED) is 0.621. The van der Waals surface area contributed by atoms with Crippen LogP contribution in [0, 0.1) is 24.1 Å². The minimum atomic E-state index is -0.654. The second-order valence-electron chi connectivity index (χ2n) is 6.98. The number of carbonyl (C=O) groups excluding carboxylic acids is 1. The number of benzene rings is 1. The Morgan fingerprint density at radius 3 is 2.80 bits per heavy atom. The van der Waals surface area contributed by atoms with Crippen molar-refractivity contribution < 1.29 is 9.18 Å². The maximum atomic E-state index is 13.1. The van der Waals surface area contributed by atoms with Gasteiger partial charge >= 0.3 is 6.03 Å². The molecule has 2 heterocycles. The highest BCUT2D eigenvalue weighted by atomic mass is 32.1. The molecule has 0 saturated heterocycles. The number of rotatable bonds is 3. The van der Waals surface area contributed by atoms with E-state index >= 15 is 0 Å². The predicted molar refractivity (Wildman–Crippen MR) is 113 cm³/mol. The molecular weight excluding hydrogens is 405 g/mol. The number of aliphatic imine (C=N–C) groups is 1. The Balaban J connectivity index is 1.56. The highest BCUT2D eigenvalue weighted by molar-refractivity contribution is 7.16. The lowest BCUT2D eigenvalue weighted by Crippen LogP contribution is -2.17. The number of H-pyrrole nitrogens is 1. The fourth-order valence-electron chi connectivity index (χ4n) is 3.51. The van der Waals surface area contributed by atoms with Crippen molar-refractivity contribution in [1.29, 1.82) is 5.26 Å². The van der Waals surface area contributed by atoms with Crippen LogP contribution in [0.25, 0.3) is 5.69 Å². The molecule has 30 heavy (non-hydrogen) atoms. The van der Waals surface area contributed by atoms with E-state index in [1.807, 2.05) is 0 Å². The van der Waals surface area contributed by atoms with E-state index in [4.69, 9.17) is 0 Å². The number of aryl methyl sites for hydroxylation is 2. The number of anilines is 1. The Hall–Kier alpha value is -3.51. The summed E-state index contributed by atoms with van der Waals surface area (Å²) in [6.07, 6.45) is 5.08. The fourth-order valence-corrected chi connectivity index (χ4v) is 4.74. The number of hydrogen-bond acceptors (Lipinski definition) is 4. The molecule has 0 spiro atoms. The van der Waals surface area contributed by atoms with Crippen LogP contribution in [0.3, 0.4) is 0 Å². The molecule has 0 saturated carbocycles. The highest BCUT2D eigenvalue weighted by Crippen LogP contribution is 2.37. The minimum absolute atomic E-state index is 0.223. The summed E-state index contributed by atoms with van der Waals surface area (Å²) in [7, 11) is 0. The second-order valence-corrected chi connectivity index (χ2v) is 8.09. The summed E-state index contributed by atoms with van der Waals surface area (Å²) >= 11 is 1.41. The summed E-state index contributed by atoms with van der Waals surface area (Å²) in [5, 5.41) is 15.5. The molecule has 1 aliphatic carbocycles. The van der Waals surface area contributed by atoms with Gasteiger partial charge < -0.3 is 0 Å². The zero-order valence-electron chi connectivity index (χ0n) is 16.2. The van der Waals surface area contributed by atoms with Crippen LogP contribution in [-0.4, -0.2) is 22.0 Å². The SMILES string of the molecule is Cc1[nH]n(-c2ccc(F)cc2)c(=O)c1/C=N/C(=O)Nc1sc2c(c1C#N)CCCC2. The largest absolute Gasteiger partial charge is 0.346 e. The normalized spacial score (nSPS) is 13.2. The smallest absolute Gasteiger partial charge is 0.296 e. The second kappa shape index (κ2) is 8.08. The minimum Gasteiger partial charge on any atom is -0.296 e. The van der Waals surface area contributed by atoms with E-state index in [0.717, 1.165) is 36.1 Å². The number of nitriles is 1. The average Bonchev–Trinajstić information content (AvgIpc) is 3.23. The van der Waals surface area contributed by atoms with Crippen LogP contribution in [-0.2, 0) is 12.8 Å². The van der Waals surface area contributed by atoms with E-state index in [2.05, 4.69) is 21.5 Å². The lowest BCUT2D eigenvalue weighted by Gasteiger charge is -2.09. The number of aromatic nitrogens is 2. The molecule has 1 aromatic carbocycles. The van der Waals surface area contributed by atoms with Crippen LogP contribution in [0.4, 0.5) is 14.2 Å². The Bertz CT molecular complexity index is 1240. The first-order valence-electron chi connectivity index (χ1n) is 9.45. The first kappa shape index (κ1) is 19.8. The molecule has 0 radical (unpaired) electrons. The highest BCUT2D eigenvalue weighted by Gasteiger charge is 2.21. The fraction of sp³-hybridized carbons (Fsp3) is 0.238. The number of nitrogens with one attached hydrogen (secondary N) is 2. The number of aromatic amines is 1. The molecule has 1 aliphatic rings. The molecule has 0 unspecified atom stereocenters. The molecule has 0 atom stereocenters. The average molecular weight is 423 g/mol. The van der Waals surface area contributed by atoms with E-state index in [1.54, 1.807) is 6.92 Å². The first-order chi connectivity index (χ1) is 14.5. The molecule has 7 nitrogen and oxygen atoms in total. The molecule has 2 aromatic heterocycles. The van der Waals surface area contributed by atoms with Gasteiger partial charge in [-0.2, -0.15) is 5.26 Å². The van der Waals surface area contributed by atoms with Crippen molar-refractivity contribution in [1.82, 2.24) is 9.78 Å². The van der Waals surface area contributed by atoms with Gasteiger partial charge in [0.25, 0.3) is 5.56 Å². The van der Waals surface area contributed by atoms with Gasteiger partial charge in [-0.25, -0.2) is 18.9 Å². The molecule has 0 fully saturated rings. The number of fused-ring (bicyclic) bond motifs is 1. The summed E-state index contributed by atoms with van der Waals surface area (Å²) < 4.78 is 14.4. The van der Waals surface area contributed by atoms with Crippen LogP contribution in [0.2, 0.25) is 0 Å². The van der Waals surface area contributed by atoms with E-state index in [-0.39, 0.29) is 5.56 Å². The maximum Gasteiger partial charge on any atom is 0.346 e. The Kier molecular flexibility index (Phi) is 5.33. The maximum absolute atomic E-state index is 13.1. The molecular formula is C21H18FN5O2S. The van der Waals surface area contributed by atoms with Crippen molar-refractivity contribution in [2.24, 2.45) is 4.99 Å². The monoisotopic (exact) mass is 423 g/mol. The van der Waals surface area contributed by atoms with Crippen LogP contribution in [0.5, 0.6) is 0 Å². The molecule has 152 valence electrons. The molecule has 2 N–H and O–H groups in total. The molecule has 0 bridgehead atoms. The first-order valence-corrected chi connectivity index (χ1v) is 10.3. The summed E-state index contributed by atoms with van der Waals surface area (Å²) in [6, 6.07) is 6.99. The molecule has 9 heteroatoms. The lowest BCUT2D eigenvalue weighted by molar-refractivity contribution is 0.260. The number of carbonyl (C=O) groups is 1. The Morgan fingerprint density at radius 2 is 2.07 bits per heavy atom. The number of amides is 2. The number of nitrogens with zero attached hydrogens (tertiary/aromatic N) is 3. The zero-order chi connectivity index (χ0) is 21.3.